The molecule has 0 amide bonds. The van der Waals surface area contributed by atoms with Gasteiger partial charge in [0.05, 0.1) is 6.61 Å². The number of aliphatic carboxylic acids is 1. The molecule has 1 aliphatic rings. The molecule has 6 atom stereocenters. The molecule has 6 unspecified atom stereocenters. The van der Waals surface area contributed by atoms with Crippen molar-refractivity contribution in [3.63, 3.8) is 0 Å². The van der Waals surface area contributed by atoms with Gasteiger partial charge in [0, 0.05) is 19.3 Å². The average Bonchev–Trinajstić information content (AvgIpc) is 3.39. The van der Waals surface area contributed by atoms with Crippen molar-refractivity contribution in [1.82, 2.24) is 0 Å². The summed E-state index contributed by atoms with van der Waals surface area (Å²) in [5.74, 6) is -3.15. The topological polar surface area (TPSA) is 175 Å². The molecule has 1 heterocycles. The number of carbonyl (C=O) groups is 4. The molecular weight excluding hydrogens is 949 g/mol. The Hall–Kier alpha value is -3.84. The zero-order valence-corrected chi connectivity index (χ0v) is 47.3. The molecule has 0 spiro atoms. The van der Waals surface area contributed by atoms with Gasteiger partial charge in [-0.15, -0.1) is 0 Å². The summed E-state index contributed by atoms with van der Waals surface area (Å²) < 4.78 is 28.4. The number of ether oxygens (including phenoxy) is 5. The van der Waals surface area contributed by atoms with Gasteiger partial charge in [-0.05, 0) is 103 Å². The fourth-order valence-electron chi connectivity index (χ4n) is 8.63. The van der Waals surface area contributed by atoms with Gasteiger partial charge in [0.15, 0.2) is 24.6 Å². The van der Waals surface area contributed by atoms with Crippen LogP contribution in [0, 0.1) is 0 Å². The van der Waals surface area contributed by atoms with Gasteiger partial charge < -0.3 is 39.0 Å². The summed E-state index contributed by atoms with van der Waals surface area (Å²) in [6.45, 7) is 5.80. The van der Waals surface area contributed by atoms with Crippen LogP contribution in [0.5, 0.6) is 0 Å². The van der Waals surface area contributed by atoms with E-state index < -0.39 is 67.3 Å². The molecule has 75 heavy (non-hydrogen) atoms. The molecule has 1 rings (SSSR count). The predicted octanol–water partition coefficient (Wildman–Crippen LogP) is 15.3. The highest BCUT2D eigenvalue weighted by Crippen LogP contribution is 2.26. The first-order chi connectivity index (χ1) is 36.6. The highest BCUT2D eigenvalue weighted by molar-refractivity contribution is 5.74. The third-order valence-electron chi connectivity index (χ3n) is 13.2. The number of aliphatic hydroxyl groups is 2. The normalized spacial score (nSPS) is 18.7. The molecule has 0 saturated carbocycles. The highest BCUT2D eigenvalue weighted by Gasteiger charge is 2.50. The first kappa shape index (κ1) is 69.2. The minimum Gasteiger partial charge on any atom is -0.479 e. The summed E-state index contributed by atoms with van der Waals surface area (Å²) in [5, 5.41) is 31.5. The summed E-state index contributed by atoms with van der Waals surface area (Å²) >= 11 is 0. The average molecular weight is 1060 g/mol. The maximum absolute atomic E-state index is 13.1. The van der Waals surface area contributed by atoms with Crippen LogP contribution in [0.3, 0.4) is 0 Å². The number of carbonyl (C=O) groups excluding carboxylic acids is 3. The Bertz CT molecular complexity index is 1580. The Morgan fingerprint density at radius 1 is 0.453 bits per heavy atom. The number of aliphatic hydroxyl groups excluding tert-OH is 2. The lowest BCUT2D eigenvalue weighted by atomic mass is 9.98. The molecular formula is C63H106O12. The van der Waals surface area contributed by atoms with Crippen LogP contribution >= 0.6 is 0 Å². The Kier molecular flexibility index (Phi) is 47.0. The second-order valence-corrected chi connectivity index (χ2v) is 20.2. The molecule has 0 aromatic rings. The van der Waals surface area contributed by atoms with E-state index in [2.05, 4.69) is 93.7 Å². The summed E-state index contributed by atoms with van der Waals surface area (Å²) in [4.78, 5) is 51.1. The van der Waals surface area contributed by atoms with Crippen LogP contribution < -0.4 is 0 Å². The third kappa shape index (κ3) is 41.0. The summed E-state index contributed by atoms with van der Waals surface area (Å²) in [6, 6.07) is 0. The predicted molar refractivity (Wildman–Crippen MR) is 303 cm³/mol. The van der Waals surface area contributed by atoms with E-state index in [4.69, 9.17) is 23.7 Å². The van der Waals surface area contributed by atoms with Gasteiger partial charge in [-0.2, -0.15) is 0 Å². The minimum absolute atomic E-state index is 0.0484. The van der Waals surface area contributed by atoms with Gasteiger partial charge in [-0.25, -0.2) is 4.79 Å². The van der Waals surface area contributed by atoms with Crippen LogP contribution in [-0.2, 0) is 42.9 Å². The van der Waals surface area contributed by atoms with E-state index in [1.165, 1.54) is 38.5 Å². The zero-order chi connectivity index (χ0) is 54.7. The molecule has 0 aliphatic carbocycles. The summed E-state index contributed by atoms with van der Waals surface area (Å²) in [7, 11) is 0. The van der Waals surface area contributed by atoms with Crippen LogP contribution in [0.4, 0.5) is 0 Å². The van der Waals surface area contributed by atoms with Gasteiger partial charge >= 0.3 is 23.9 Å². The van der Waals surface area contributed by atoms with Gasteiger partial charge in [0.1, 0.15) is 18.8 Å². The zero-order valence-electron chi connectivity index (χ0n) is 47.3. The third-order valence-corrected chi connectivity index (χ3v) is 13.2. The van der Waals surface area contributed by atoms with E-state index in [0.29, 0.717) is 19.3 Å². The lowest BCUT2D eigenvalue weighted by Gasteiger charge is -2.40. The van der Waals surface area contributed by atoms with Crippen molar-refractivity contribution < 1.29 is 58.2 Å². The number of carboxylic acid groups (broad SMARTS) is 1. The molecule has 0 radical (unpaired) electrons. The maximum atomic E-state index is 13.1. The number of hydrogen-bond donors (Lipinski definition) is 3. The standard InChI is InChI=1S/C63H106O12/c1-4-7-10-13-16-19-22-24-26-28-30-32-35-37-40-43-46-49-55(64)71-52-54(73-56(65)50-47-44-41-38-34-21-18-15-12-9-6-3)53-72-63-61(59(68)58(67)60(75-63)62(69)70)74-57(66)51-48-45-42-39-36-33-31-29-27-25-23-20-17-14-11-8-5-2/h7,10,15-20,24-27,54,58-61,63,67-68H,4-6,8-9,11-14,21-23,28-53H2,1-3H3,(H,69,70)/b10-7-,18-15-,19-16-,20-17-,26-24-,27-25-. The number of unbranched alkanes of at least 4 members (excludes halogenated alkanes) is 24. The molecule has 12 heteroatoms. The van der Waals surface area contributed by atoms with E-state index in [-0.39, 0.29) is 25.9 Å². The monoisotopic (exact) mass is 1050 g/mol. The highest BCUT2D eigenvalue weighted by atomic mass is 16.7. The fraction of sp³-hybridized carbons (Fsp3) is 0.746. The quantitative estimate of drug-likeness (QED) is 0.0228. The molecule has 3 N–H and O–H groups in total. The van der Waals surface area contributed by atoms with Crippen LogP contribution in [0.25, 0.3) is 0 Å². The molecule has 430 valence electrons. The Morgan fingerprint density at radius 2 is 0.853 bits per heavy atom. The molecule has 0 aromatic carbocycles. The van der Waals surface area contributed by atoms with Gasteiger partial charge in [0.25, 0.3) is 0 Å². The van der Waals surface area contributed by atoms with Crippen LogP contribution in [0.1, 0.15) is 252 Å². The second kappa shape index (κ2) is 50.9. The smallest absolute Gasteiger partial charge is 0.335 e. The lowest BCUT2D eigenvalue weighted by Crippen LogP contribution is -2.61. The first-order valence-corrected chi connectivity index (χ1v) is 29.9. The lowest BCUT2D eigenvalue weighted by molar-refractivity contribution is -0.301. The van der Waals surface area contributed by atoms with Crippen molar-refractivity contribution in [1.29, 1.82) is 0 Å². The van der Waals surface area contributed by atoms with Crippen LogP contribution in [0.2, 0.25) is 0 Å². The Labute approximate surface area is 455 Å². The van der Waals surface area contributed by atoms with Gasteiger partial charge in [-0.1, -0.05) is 203 Å². The number of rotatable bonds is 50. The fourth-order valence-corrected chi connectivity index (χ4v) is 8.63. The van der Waals surface area contributed by atoms with E-state index in [9.17, 15) is 34.5 Å². The molecule has 1 fully saturated rings. The van der Waals surface area contributed by atoms with Crippen molar-refractivity contribution in [3.05, 3.63) is 72.9 Å². The first-order valence-electron chi connectivity index (χ1n) is 29.9. The minimum atomic E-state index is -1.91. The van der Waals surface area contributed by atoms with Crippen molar-refractivity contribution in [3.8, 4) is 0 Å². The van der Waals surface area contributed by atoms with E-state index in [1.807, 2.05) is 0 Å². The van der Waals surface area contributed by atoms with Crippen LogP contribution in [-0.4, -0.2) is 89.2 Å². The van der Waals surface area contributed by atoms with Crippen molar-refractivity contribution in [2.45, 2.75) is 289 Å². The summed E-state index contributed by atoms with van der Waals surface area (Å²) in [5.41, 5.74) is 0. The number of hydrogen-bond acceptors (Lipinski definition) is 11. The van der Waals surface area contributed by atoms with Crippen molar-refractivity contribution in [2.75, 3.05) is 13.2 Å². The molecule has 12 nitrogen and oxygen atoms in total. The van der Waals surface area contributed by atoms with E-state index in [1.54, 1.807) is 0 Å². The van der Waals surface area contributed by atoms with Crippen LogP contribution in [0.15, 0.2) is 72.9 Å². The summed E-state index contributed by atoms with van der Waals surface area (Å²) in [6.07, 6.45) is 51.5. The maximum Gasteiger partial charge on any atom is 0.335 e. The number of allylic oxidation sites excluding steroid dienone is 12. The second-order valence-electron chi connectivity index (χ2n) is 20.2. The van der Waals surface area contributed by atoms with Gasteiger partial charge in [0.2, 0.25) is 0 Å². The Morgan fingerprint density at radius 3 is 1.33 bits per heavy atom. The molecule has 1 aliphatic heterocycles. The molecule has 0 aromatic heterocycles. The largest absolute Gasteiger partial charge is 0.479 e. The van der Waals surface area contributed by atoms with Gasteiger partial charge in [-0.3, -0.25) is 14.4 Å². The molecule has 1 saturated heterocycles. The van der Waals surface area contributed by atoms with Crippen molar-refractivity contribution >= 4 is 23.9 Å². The SMILES string of the molecule is CC/C=C\C/C=C\C/C=C\CCCCCCCCCC(=O)OCC(COC1OC(C(=O)O)C(O)C(O)C1OC(=O)CCCCCCCCC/C=C\C/C=C\CCCCC)OC(=O)CCCCCCC/C=C\CCCC. The Balaban J connectivity index is 2.67. The van der Waals surface area contributed by atoms with Crippen molar-refractivity contribution in [2.24, 2.45) is 0 Å². The van der Waals surface area contributed by atoms with E-state index >= 15 is 0 Å². The number of esters is 3. The van der Waals surface area contributed by atoms with E-state index in [0.717, 1.165) is 154 Å². The molecule has 0 bridgehead atoms. The number of carboxylic acids is 1.